The van der Waals surface area contributed by atoms with Crippen molar-refractivity contribution in [2.24, 2.45) is 0 Å². The second-order valence-corrected chi connectivity index (χ2v) is 7.87. The molecule has 0 saturated carbocycles. The number of methoxy groups -OCH3 is 1. The van der Waals surface area contributed by atoms with E-state index in [9.17, 15) is 14.3 Å². The minimum absolute atomic E-state index is 0.0414. The summed E-state index contributed by atoms with van der Waals surface area (Å²) in [5.74, 6) is -0.744. The Bertz CT molecular complexity index is 870. The summed E-state index contributed by atoms with van der Waals surface area (Å²) in [5.41, 5.74) is -0.213. The Labute approximate surface area is 170 Å². The van der Waals surface area contributed by atoms with Gasteiger partial charge in [0.25, 0.3) is 5.91 Å². The average molecular weight is 398 g/mol. The standard InChI is InChI=1S/C23H27FN2O3/c1-29-19-11-7-10-18(24)21(19)22(27)26-15-12-23(28,17-8-3-2-4-9-17)20(16-26)25-13-5-6-14-25/h2-4,7-11,20,28H,5-6,12-16H2,1H3/t20-,23+/m1/s1. The smallest absolute Gasteiger partial charge is 0.260 e. The summed E-state index contributed by atoms with van der Waals surface area (Å²) in [4.78, 5) is 17.1. The van der Waals surface area contributed by atoms with Gasteiger partial charge in [0.05, 0.1) is 13.2 Å². The first kappa shape index (κ1) is 19.9. The van der Waals surface area contributed by atoms with Gasteiger partial charge in [-0.1, -0.05) is 36.4 Å². The number of carbonyl (C=O) groups excluding carboxylic acids is 1. The Kier molecular flexibility index (Phi) is 5.56. The number of amides is 1. The monoisotopic (exact) mass is 398 g/mol. The van der Waals surface area contributed by atoms with Gasteiger partial charge < -0.3 is 14.7 Å². The van der Waals surface area contributed by atoms with Crippen LogP contribution in [0, 0.1) is 5.82 Å². The van der Waals surface area contributed by atoms with Crippen molar-refractivity contribution in [3.63, 3.8) is 0 Å². The summed E-state index contributed by atoms with van der Waals surface area (Å²) in [5, 5.41) is 11.7. The highest BCUT2D eigenvalue weighted by Crippen LogP contribution is 2.38. The fourth-order valence-corrected chi connectivity index (χ4v) is 4.68. The van der Waals surface area contributed by atoms with Crippen molar-refractivity contribution in [3.05, 3.63) is 65.5 Å². The van der Waals surface area contributed by atoms with E-state index in [1.165, 1.54) is 19.2 Å². The second-order valence-electron chi connectivity index (χ2n) is 7.87. The van der Waals surface area contributed by atoms with Crippen LogP contribution >= 0.6 is 0 Å². The second kappa shape index (κ2) is 8.13. The van der Waals surface area contributed by atoms with E-state index in [-0.39, 0.29) is 23.3 Å². The van der Waals surface area contributed by atoms with E-state index in [0.29, 0.717) is 19.5 Å². The van der Waals surface area contributed by atoms with Crippen molar-refractivity contribution < 1.29 is 19.0 Å². The first-order valence-corrected chi connectivity index (χ1v) is 10.2. The number of hydrogen-bond donors (Lipinski definition) is 1. The van der Waals surface area contributed by atoms with Crippen LogP contribution in [-0.2, 0) is 5.60 Å². The highest BCUT2D eigenvalue weighted by atomic mass is 19.1. The quantitative estimate of drug-likeness (QED) is 0.860. The number of ether oxygens (including phenoxy) is 1. The van der Waals surface area contributed by atoms with Crippen molar-refractivity contribution in [2.75, 3.05) is 33.3 Å². The highest BCUT2D eigenvalue weighted by Gasteiger charge is 2.47. The zero-order valence-corrected chi connectivity index (χ0v) is 16.7. The number of likely N-dealkylation sites (tertiary alicyclic amines) is 2. The normalized spacial score (nSPS) is 25.2. The van der Waals surface area contributed by atoms with E-state index in [0.717, 1.165) is 31.5 Å². The number of piperidine rings is 1. The maximum atomic E-state index is 14.5. The molecule has 2 saturated heterocycles. The van der Waals surface area contributed by atoms with Crippen molar-refractivity contribution in [1.29, 1.82) is 0 Å². The average Bonchev–Trinajstić information content (AvgIpc) is 3.28. The molecule has 2 aromatic rings. The molecule has 1 N–H and O–H groups in total. The van der Waals surface area contributed by atoms with Gasteiger partial charge in [-0.05, 0) is 50.0 Å². The van der Waals surface area contributed by atoms with E-state index >= 15 is 0 Å². The Morgan fingerprint density at radius 3 is 2.52 bits per heavy atom. The van der Waals surface area contributed by atoms with Gasteiger partial charge in [0.15, 0.2) is 0 Å². The Morgan fingerprint density at radius 1 is 1.10 bits per heavy atom. The first-order valence-electron chi connectivity index (χ1n) is 10.2. The van der Waals surface area contributed by atoms with Crippen LogP contribution < -0.4 is 4.74 Å². The van der Waals surface area contributed by atoms with Crippen LogP contribution in [0.15, 0.2) is 48.5 Å². The minimum Gasteiger partial charge on any atom is -0.496 e. The molecule has 2 aromatic carbocycles. The number of halogens is 1. The number of benzene rings is 2. The first-order chi connectivity index (χ1) is 14.0. The van der Waals surface area contributed by atoms with Crippen molar-refractivity contribution in [3.8, 4) is 5.75 Å². The number of nitrogens with zero attached hydrogens (tertiary/aromatic N) is 2. The molecular weight excluding hydrogens is 371 g/mol. The summed E-state index contributed by atoms with van der Waals surface area (Å²) in [6.07, 6.45) is 2.56. The predicted molar refractivity (Wildman–Crippen MR) is 108 cm³/mol. The zero-order chi connectivity index (χ0) is 20.4. The molecule has 0 aromatic heterocycles. The molecule has 2 heterocycles. The van der Waals surface area contributed by atoms with Gasteiger partial charge in [-0.3, -0.25) is 9.69 Å². The molecule has 6 heteroatoms. The van der Waals surface area contributed by atoms with Gasteiger partial charge >= 0.3 is 0 Å². The highest BCUT2D eigenvalue weighted by molar-refractivity contribution is 5.97. The van der Waals surface area contributed by atoms with Crippen LogP contribution in [0.2, 0.25) is 0 Å². The lowest BCUT2D eigenvalue weighted by molar-refractivity contribution is -0.0878. The third kappa shape index (κ3) is 3.63. The maximum Gasteiger partial charge on any atom is 0.260 e. The Morgan fingerprint density at radius 2 is 1.83 bits per heavy atom. The number of rotatable bonds is 4. The lowest BCUT2D eigenvalue weighted by Crippen LogP contribution is -2.61. The van der Waals surface area contributed by atoms with Gasteiger partial charge in [-0.15, -0.1) is 0 Å². The summed E-state index contributed by atoms with van der Waals surface area (Å²) >= 11 is 0. The van der Waals surface area contributed by atoms with Gasteiger partial charge in [-0.25, -0.2) is 4.39 Å². The van der Waals surface area contributed by atoms with Crippen molar-refractivity contribution >= 4 is 5.91 Å². The third-order valence-electron chi connectivity index (χ3n) is 6.26. The van der Waals surface area contributed by atoms with Crippen molar-refractivity contribution in [1.82, 2.24) is 9.80 Å². The number of aliphatic hydroxyl groups is 1. The number of hydrogen-bond acceptors (Lipinski definition) is 4. The van der Waals surface area contributed by atoms with Crippen LogP contribution in [0.3, 0.4) is 0 Å². The molecule has 2 atom stereocenters. The molecule has 4 rings (SSSR count). The molecule has 0 spiro atoms. The maximum absolute atomic E-state index is 14.5. The summed E-state index contributed by atoms with van der Waals surface area (Å²) in [6.45, 7) is 2.49. The molecule has 0 radical (unpaired) electrons. The van der Waals surface area contributed by atoms with Crippen LogP contribution in [0.1, 0.15) is 35.2 Å². The van der Waals surface area contributed by atoms with Gasteiger partial charge in [-0.2, -0.15) is 0 Å². The summed E-state index contributed by atoms with van der Waals surface area (Å²) in [6, 6.07) is 13.8. The van der Waals surface area contributed by atoms with E-state index in [4.69, 9.17) is 4.74 Å². The molecule has 29 heavy (non-hydrogen) atoms. The fraction of sp³-hybridized carbons (Fsp3) is 0.435. The summed E-state index contributed by atoms with van der Waals surface area (Å²) in [7, 11) is 1.43. The Hall–Kier alpha value is -2.44. The van der Waals surface area contributed by atoms with Crippen LogP contribution in [0.25, 0.3) is 0 Å². The molecule has 2 aliphatic rings. The minimum atomic E-state index is -1.04. The van der Waals surface area contributed by atoms with E-state index in [2.05, 4.69) is 4.90 Å². The van der Waals surface area contributed by atoms with Gasteiger partial charge in [0, 0.05) is 13.1 Å². The Balaban J connectivity index is 1.65. The topological polar surface area (TPSA) is 53.0 Å². The van der Waals surface area contributed by atoms with Crippen LogP contribution in [-0.4, -0.2) is 60.1 Å². The van der Waals surface area contributed by atoms with E-state index < -0.39 is 11.4 Å². The molecule has 2 aliphatic heterocycles. The molecule has 0 unspecified atom stereocenters. The fourth-order valence-electron chi connectivity index (χ4n) is 4.68. The van der Waals surface area contributed by atoms with E-state index in [1.807, 2.05) is 30.3 Å². The molecule has 0 bridgehead atoms. The molecule has 0 aliphatic carbocycles. The van der Waals surface area contributed by atoms with Crippen molar-refractivity contribution in [2.45, 2.75) is 30.9 Å². The summed E-state index contributed by atoms with van der Waals surface area (Å²) < 4.78 is 19.7. The van der Waals surface area contributed by atoms with E-state index in [1.54, 1.807) is 11.0 Å². The lowest BCUT2D eigenvalue weighted by Gasteiger charge is -2.48. The molecule has 1 amide bonds. The molecule has 5 nitrogen and oxygen atoms in total. The van der Waals surface area contributed by atoms with Gasteiger partial charge in [0.1, 0.15) is 22.7 Å². The van der Waals surface area contributed by atoms with Crippen LogP contribution in [0.5, 0.6) is 5.75 Å². The zero-order valence-electron chi connectivity index (χ0n) is 16.7. The molecule has 154 valence electrons. The van der Waals surface area contributed by atoms with Crippen LogP contribution in [0.4, 0.5) is 4.39 Å². The molecular formula is C23H27FN2O3. The third-order valence-corrected chi connectivity index (χ3v) is 6.26. The van der Waals surface area contributed by atoms with Gasteiger partial charge in [0.2, 0.25) is 0 Å². The lowest BCUT2D eigenvalue weighted by atomic mass is 9.79. The predicted octanol–water partition coefficient (Wildman–Crippen LogP) is 3.03. The number of carbonyl (C=O) groups is 1. The molecule has 2 fully saturated rings. The SMILES string of the molecule is COc1cccc(F)c1C(=O)N1CC[C@](O)(c2ccccc2)[C@H](N2CCCC2)C1. The largest absolute Gasteiger partial charge is 0.496 e.